The lowest BCUT2D eigenvalue weighted by atomic mass is 10.1. The number of carbonyl (C=O) groups is 1. The molecule has 0 bridgehead atoms. The number of carbonyl (C=O) groups excluding carboxylic acids is 1. The van der Waals surface area contributed by atoms with Gasteiger partial charge >= 0.3 is 0 Å². The van der Waals surface area contributed by atoms with Crippen molar-refractivity contribution in [1.82, 2.24) is 0 Å². The smallest absolute Gasteiger partial charge is 0.189 e. The summed E-state index contributed by atoms with van der Waals surface area (Å²) in [4.78, 5) is 12.0. The third-order valence-corrected chi connectivity index (χ3v) is 2.35. The van der Waals surface area contributed by atoms with Crippen LogP contribution in [0.3, 0.4) is 0 Å². The Morgan fingerprint density at radius 2 is 2.17 bits per heavy atom. The van der Waals surface area contributed by atoms with Gasteiger partial charge in [0.15, 0.2) is 5.78 Å². The number of hydrogen-bond acceptors (Lipinski definition) is 3. The van der Waals surface area contributed by atoms with E-state index < -0.39 is 6.61 Å². The van der Waals surface area contributed by atoms with E-state index in [9.17, 15) is 4.79 Å². The van der Waals surface area contributed by atoms with E-state index in [1.807, 2.05) is 18.4 Å². The van der Waals surface area contributed by atoms with Gasteiger partial charge in [-0.25, -0.2) is 0 Å². The molecule has 1 rings (SSSR count). The van der Waals surface area contributed by atoms with Gasteiger partial charge in [-0.2, -0.15) is 0 Å². The molecule has 12 heavy (non-hydrogen) atoms. The molecule has 0 atom stereocenters. The maximum Gasteiger partial charge on any atom is 0.189 e. The van der Waals surface area contributed by atoms with Crippen molar-refractivity contribution in [1.29, 1.82) is 0 Å². The second kappa shape index (κ2) is 4.28. The second-order valence-corrected chi connectivity index (χ2v) is 3.13. The molecule has 0 saturated heterocycles. The highest BCUT2D eigenvalue weighted by atomic mass is 32.2. The summed E-state index contributed by atoms with van der Waals surface area (Å²) in [6, 6.07) is 7.26. The molecule has 0 aliphatic heterocycles. The van der Waals surface area contributed by atoms with E-state index in [4.69, 9.17) is 5.11 Å². The normalized spacial score (nSPS) is 9.83. The van der Waals surface area contributed by atoms with Crippen LogP contribution in [0.2, 0.25) is 0 Å². The van der Waals surface area contributed by atoms with Crippen molar-refractivity contribution in [2.45, 2.75) is 4.90 Å². The molecular weight excluding hydrogens is 172 g/mol. The first kappa shape index (κ1) is 9.29. The first-order valence-corrected chi connectivity index (χ1v) is 4.79. The average molecular weight is 182 g/mol. The van der Waals surface area contributed by atoms with Crippen LogP contribution >= 0.6 is 11.8 Å². The zero-order chi connectivity index (χ0) is 8.97. The molecule has 0 aliphatic rings. The molecule has 3 heteroatoms. The summed E-state index contributed by atoms with van der Waals surface area (Å²) < 4.78 is 0. The lowest BCUT2D eigenvalue weighted by Gasteiger charge is -2.02. The SMILES string of the molecule is CSc1ccccc1C(=O)CO. The fraction of sp³-hybridized carbons (Fsp3) is 0.222. The van der Waals surface area contributed by atoms with E-state index in [2.05, 4.69) is 0 Å². The lowest BCUT2D eigenvalue weighted by Crippen LogP contribution is -2.05. The summed E-state index contributed by atoms with van der Waals surface area (Å²) >= 11 is 1.51. The van der Waals surface area contributed by atoms with Crippen LogP contribution < -0.4 is 0 Å². The van der Waals surface area contributed by atoms with Crippen LogP contribution in [-0.2, 0) is 0 Å². The molecule has 1 aromatic rings. The van der Waals surface area contributed by atoms with Gasteiger partial charge in [0, 0.05) is 10.5 Å². The minimum Gasteiger partial charge on any atom is -0.388 e. The van der Waals surface area contributed by atoms with Gasteiger partial charge in [-0.1, -0.05) is 18.2 Å². The number of rotatable bonds is 3. The predicted octanol–water partition coefficient (Wildman–Crippen LogP) is 1.58. The lowest BCUT2D eigenvalue weighted by molar-refractivity contribution is 0.0901. The largest absolute Gasteiger partial charge is 0.388 e. The molecule has 0 heterocycles. The van der Waals surface area contributed by atoms with Crippen LogP contribution in [0.5, 0.6) is 0 Å². The minimum atomic E-state index is -0.419. The molecular formula is C9H10O2S. The van der Waals surface area contributed by atoms with E-state index in [-0.39, 0.29) is 5.78 Å². The van der Waals surface area contributed by atoms with Gasteiger partial charge in [-0.05, 0) is 12.3 Å². The molecule has 0 saturated carbocycles. The van der Waals surface area contributed by atoms with Crippen molar-refractivity contribution in [2.24, 2.45) is 0 Å². The highest BCUT2D eigenvalue weighted by molar-refractivity contribution is 7.98. The number of Topliss-reactive ketones (excluding diaryl/α,β-unsaturated/α-hetero) is 1. The summed E-state index contributed by atoms with van der Waals surface area (Å²) in [6.45, 7) is -0.419. The summed E-state index contributed by atoms with van der Waals surface area (Å²) in [5.41, 5.74) is 0.604. The van der Waals surface area contributed by atoms with E-state index in [0.29, 0.717) is 5.56 Å². The third-order valence-electron chi connectivity index (χ3n) is 1.55. The molecule has 0 amide bonds. The van der Waals surface area contributed by atoms with Crippen molar-refractivity contribution in [3.8, 4) is 0 Å². The van der Waals surface area contributed by atoms with Crippen LogP contribution in [0.1, 0.15) is 10.4 Å². The summed E-state index contributed by atoms with van der Waals surface area (Å²) in [6.07, 6.45) is 1.91. The number of ketones is 1. The van der Waals surface area contributed by atoms with Crippen LogP contribution in [0, 0.1) is 0 Å². The Morgan fingerprint density at radius 3 is 2.75 bits per heavy atom. The van der Waals surface area contributed by atoms with Gasteiger partial charge in [-0.3, -0.25) is 4.79 Å². The van der Waals surface area contributed by atoms with Gasteiger partial charge in [-0.15, -0.1) is 11.8 Å². The zero-order valence-corrected chi connectivity index (χ0v) is 7.60. The topological polar surface area (TPSA) is 37.3 Å². The Morgan fingerprint density at radius 1 is 1.50 bits per heavy atom. The maximum absolute atomic E-state index is 11.1. The number of thioether (sulfide) groups is 1. The standard InChI is InChI=1S/C9H10O2S/c1-12-9-5-3-2-4-7(9)8(11)6-10/h2-5,10H,6H2,1H3. The number of benzene rings is 1. The van der Waals surface area contributed by atoms with Crippen molar-refractivity contribution in [2.75, 3.05) is 12.9 Å². The van der Waals surface area contributed by atoms with Crippen LogP contribution in [0.15, 0.2) is 29.2 Å². The average Bonchev–Trinajstić information content (AvgIpc) is 2.16. The summed E-state index contributed by atoms with van der Waals surface area (Å²) in [5.74, 6) is -0.222. The molecule has 64 valence electrons. The van der Waals surface area contributed by atoms with Crippen molar-refractivity contribution in [3.05, 3.63) is 29.8 Å². The van der Waals surface area contributed by atoms with Gasteiger partial charge in [0.2, 0.25) is 0 Å². The second-order valence-electron chi connectivity index (χ2n) is 2.28. The Balaban J connectivity index is 3.04. The van der Waals surface area contributed by atoms with Gasteiger partial charge in [0.05, 0.1) is 0 Å². The molecule has 0 aromatic heterocycles. The number of hydrogen-bond donors (Lipinski definition) is 1. The molecule has 2 nitrogen and oxygen atoms in total. The molecule has 0 aliphatic carbocycles. The molecule has 0 radical (unpaired) electrons. The fourth-order valence-corrected chi connectivity index (χ4v) is 1.58. The first-order chi connectivity index (χ1) is 5.79. The molecule has 0 unspecified atom stereocenters. The van der Waals surface area contributed by atoms with Gasteiger partial charge < -0.3 is 5.11 Å². The molecule has 1 aromatic carbocycles. The van der Waals surface area contributed by atoms with Crippen molar-refractivity contribution < 1.29 is 9.90 Å². The Labute approximate surface area is 75.6 Å². The highest BCUT2D eigenvalue weighted by Gasteiger charge is 2.07. The molecule has 0 spiro atoms. The number of aliphatic hydroxyl groups excluding tert-OH is 1. The van der Waals surface area contributed by atoms with E-state index in [1.54, 1.807) is 12.1 Å². The van der Waals surface area contributed by atoms with E-state index in [1.165, 1.54) is 11.8 Å². The Kier molecular flexibility index (Phi) is 3.31. The van der Waals surface area contributed by atoms with Gasteiger partial charge in [0.25, 0.3) is 0 Å². The summed E-state index contributed by atoms with van der Waals surface area (Å²) in [5, 5.41) is 8.65. The Bertz CT molecular complexity index is 284. The fourth-order valence-electron chi connectivity index (χ4n) is 0.960. The predicted molar refractivity (Wildman–Crippen MR) is 49.6 cm³/mol. The molecule has 1 N–H and O–H groups in total. The quantitative estimate of drug-likeness (QED) is 0.569. The third kappa shape index (κ3) is 1.87. The minimum absolute atomic E-state index is 0.222. The zero-order valence-electron chi connectivity index (χ0n) is 6.78. The Hall–Kier alpha value is -0.800. The maximum atomic E-state index is 11.1. The van der Waals surface area contributed by atoms with Crippen LogP contribution in [0.25, 0.3) is 0 Å². The van der Waals surface area contributed by atoms with Crippen LogP contribution in [-0.4, -0.2) is 23.8 Å². The van der Waals surface area contributed by atoms with Crippen LogP contribution in [0.4, 0.5) is 0 Å². The van der Waals surface area contributed by atoms with E-state index >= 15 is 0 Å². The van der Waals surface area contributed by atoms with Crippen molar-refractivity contribution in [3.63, 3.8) is 0 Å². The van der Waals surface area contributed by atoms with Gasteiger partial charge in [0.1, 0.15) is 6.61 Å². The monoisotopic (exact) mass is 182 g/mol. The highest BCUT2D eigenvalue weighted by Crippen LogP contribution is 2.19. The van der Waals surface area contributed by atoms with Crippen molar-refractivity contribution >= 4 is 17.5 Å². The molecule has 0 fully saturated rings. The number of aliphatic hydroxyl groups is 1. The van der Waals surface area contributed by atoms with E-state index in [0.717, 1.165) is 4.90 Å². The summed E-state index contributed by atoms with van der Waals surface area (Å²) in [7, 11) is 0. The first-order valence-electron chi connectivity index (χ1n) is 3.56.